The van der Waals surface area contributed by atoms with Crippen molar-refractivity contribution in [1.82, 2.24) is 0 Å². The molecule has 2 rings (SSSR count). The third kappa shape index (κ3) is 3.92. The largest absolute Gasteiger partial charge is 0.489 e. The standard InChI is InChI=1S/C17H19BrClNO/c1-10(2)14-8-16(20)11(3)6-17(14)21-9-12-4-5-13(18)7-15(12)19/h4-8,10H,9,20H2,1-3H3. The number of nitrogen functional groups attached to an aromatic ring is 1. The lowest BCUT2D eigenvalue weighted by Gasteiger charge is -2.17. The van der Waals surface area contributed by atoms with Crippen molar-refractivity contribution in [3.63, 3.8) is 0 Å². The maximum atomic E-state index is 6.22. The number of aryl methyl sites for hydroxylation is 1. The SMILES string of the molecule is Cc1cc(OCc2ccc(Br)cc2Cl)c(C(C)C)cc1N. The normalized spacial score (nSPS) is 11.0. The van der Waals surface area contributed by atoms with Crippen LogP contribution in [0.4, 0.5) is 5.69 Å². The average Bonchev–Trinajstić information content (AvgIpc) is 2.41. The van der Waals surface area contributed by atoms with Crippen LogP contribution in [0, 0.1) is 6.92 Å². The fourth-order valence-corrected chi connectivity index (χ4v) is 2.81. The van der Waals surface area contributed by atoms with E-state index in [0.717, 1.165) is 32.6 Å². The van der Waals surface area contributed by atoms with E-state index in [1.54, 1.807) is 0 Å². The van der Waals surface area contributed by atoms with Gasteiger partial charge in [-0.2, -0.15) is 0 Å². The maximum Gasteiger partial charge on any atom is 0.123 e. The average molecular weight is 369 g/mol. The molecule has 0 saturated heterocycles. The highest BCUT2D eigenvalue weighted by atomic mass is 79.9. The molecule has 21 heavy (non-hydrogen) atoms. The van der Waals surface area contributed by atoms with Gasteiger partial charge in [0, 0.05) is 20.7 Å². The number of nitrogens with two attached hydrogens (primary N) is 1. The Labute approximate surface area is 139 Å². The lowest BCUT2D eigenvalue weighted by molar-refractivity contribution is 0.301. The lowest BCUT2D eigenvalue weighted by atomic mass is 9.99. The number of halogens is 2. The second-order valence-corrected chi connectivity index (χ2v) is 6.75. The molecule has 2 N–H and O–H groups in total. The van der Waals surface area contributed by atoms with Crippen LogP contribution in [0.25, 0.3) is 0 Å². The summed E-state index contributed by atoms with van der Waals surface area (Å²) < 4.78 is 6.95. The number of rotatable bonds is 4. The van der Waals surface area contributed by atoms with Crippen LogP contribution in [0.5, 0.6) is 5.75 Å². The van der Waals surface area contributed by atoms with Crippen LogP contribution >= 0.6 is 27.5 Å². The summed E-state index contributed by atoms with van der Waals surface area (Å²) in [6.07, 6.45) is 0. The van der Waals surface area contributed by atoms with E-state index in [9.17, 15) is 0 Å². The van der Waals surface area contributed by atoms with Crippen LogP contribution in [0.3, 0.4) is 0 Å². The van der Waals surface area contributed by atoms with Gasteiger partial charge in [-0.15, -0.1) is 0 Å². The van der Waals surface area contributed by atoms with Crippen molar-refractivity contribution >= 4 is 33.2 Å². The molecule has 0 aromatic heterocycles. The Balaban J connectivity index is 2.25. The summed E-state index contributed by atoms with van der Waals surface area (Å²) >= 11 is 9.63. The van der Waals surface area contributed by atoms with Gasteiger partial charge < -0.3 is 10.5 Å². The van der Waals surface area contributed by atoms with E-state index in [0.29, 0.717) is 17.5 Å². The maximum absolute atomic E-state index is 6.22. The second-order valence-electron chi connectivity index (χ2n) is 5.43. The molecule has 0 aliphatic heterocycles. The van der Waals surface area contributed by atoms with Gasteiger partial charge in [-0.05, 0) is 48.2 Å². The highest BCUT2D eigenvalue weighted by Gasteiger charge is 2.11. The van der Waals surface area contributed by atoms with Gasteiger partial charge in [0.2, 0.25) is 0 Å². The van der Waals surface area contributed by atoms with Crippen LogP contribution in [0.1, 0.15) is 36.5 Å². The summed E-state index contributed by atoms with van der Waals surface area (Å²) in [5, 5.41) is 0.697. The Morgan fingerprint density at radius 2 is 1.95 bits per heavy atom. The topological polar surface area (TPSA) is 35.2 Å². The molecule has 0 radical (unpaired) electrons. The van der Waals surface area contributed by atoms with Crippen LogP contribution < -0.4 is 10.5 Å². The Hall–Kier alpha value is -1.19. The minimum atomic E-state index is 0.350. The number of benzene rings is 2. The summed E-state index contributed by atoms with van der Waals surface area (Å²) in [4.78, 5) is 0. The molecule has 0 fully saturated rings. The summed E-state index contributed by atoms with van der Waals surface area (Å²) in [7, 11) is 0. The van der Waals surface area contributed by atoms with E-state index < -0.39 is 0 Å². The molecule has 0 aliphatic carbocycles. The van der Waals surface area contributed by atoms with Gasteiger partial charge in [-0.1, -0.05) is 47.4 Å². The highest BCUT2D eigenvalue weighted by Crippen LogP contribution is 2.32. The second kappa shape index (κ2) is 6.71. The molecule has 0 atom stereocenters. The van der Waals surface area contributed by atoms with E-state index in [1.807, 2.05) is 37.3 Å². The molecular weight excluding hydrogens is 350 g/mol. The van der Waals surface area contributed by atoms with Crippen molar-refractivity contribution in [1.29, 1.82) is 0 Å². The summed E-state index contributed by atoms with van der Waals surface area (Å²) in [6.45, 7) is 6.68. The van der Waals surface area contributed by atoms with E-state index >= 15 is 0 Å². The van der Waals surface area contributed by atoms with Crippen LogP contribution in [-0.4, -0.2) is 0 Å². The van der Waals surface area contributed by atoms with Crippen molar-refractivity contribution < 1.29 is 4.74 Å². The Morgan fingerprint density at radius 1 is 1.24 bits per heavy atom. The minimum absolute atomic E-state index is 0.350. The zero-order valence-electron chi connectivity index (χ0n) is 12.4. The van der Waals surface area contributed by atoms with E-state index in [2.05, 4.69) is 29.8 Å². The first-order chi connectivity index (χ1) is 9.88. The molecule has 0 heterocycles. The van der Waals surface area contributed by atoms with Crippen LogP contribution in [-0.2, 0) is 6.61 Å². The number of hydrogen-bond acceptors (Lipinski definition) is 2. The molecular formula is C17H19BrClNO. The van der Waals surface area contributed by atoms with Gasteiger partial charge in [0.25, 0.3) is 0 Å². The van der Waals surface area contributed by atoms with Gasteiger partial charge >= 0.3 is 0 Å². The number of ether oxygens (including phenoxy) is 1. The first kappa shape index (κ1) is 16.2. The molecule has 2 aromatic carbocycles. The van der Waals surface area contributed by atoms with Gasteiger partial charge in [0.15, 0.2) is 0 Å². The summed E-state index contributed by atoms with van der Waals surface area (Å²) in [5.74, 6) is 1.22. The van der Waals surface area contributed by atoms with Crippen molar-refractivity contribution in [3.05, 3.63) is 56.5 Å². The molecule has 2 nitrogen and oxygen atoms in total. The Kier molecular flexibility index (Phi) is 5.17. The Morgan fingerprint density at radius 3 is 2.57 bits per heavy atom. The first-order valence-electron chi connectivity index (χ1n) is 6.85. The van der Waals surface area contributed by atoms with E-state index in [-0.39, 0.29) is 0 Å². The Bertz CT molecular complexity index is 655. The number of hydrogen-bond donors (Lipinski definition) is 1. The van der Waals surface area contributed by atoms with Gasteiger partial charge in [-0.25, -0.2) is 0 Å². The molecule has 0 unspecified atom stereocenters. The monoisotopic (exact) mass is 367 g/mol. The number of anilines is 1. The quantitative estimate of drug-likeness (QED) is 0.703. The molecule has 0 bridgehead atoms. The van der Waals surface area contributed by atoms with Crippen molar-refractivity contribution in [2.75, 3.05) is 5.73 Å². The smallest absolute Gasteiger partial charge is 0.123 e. The predicted octanol–water partition coefficient (Wildman–Crippen LogP) is 5.70. The van der Waals surface area contributed by atoms with Crippen molar-refractivity contribution in [3.8, 4) is 5.75 Å². The molecule has 112 valence electrons. The third-order valence-electron chi connectivity index (χ3n) is 3.42. The molecule has 0 saturated carbocycles. The van der Waals surface area contributed by atoms with Gasteiger partial charge in [-0.3, -0.25) is 0 Å². The minimum Gasteiger partial charge on any atom is -0.489 e. The highest BCUT2D eigenvalue weighted by molar-refractivity contribution is 9.10. The van der Waals surface area contributed by atoms with Crippen molar-refractivity contribution in [2.24, 2.45) is 0 Å². The third-order valence-corrected chi connectivity index (χ3v) is 4.26. The van der Waals surface area contributed by atoms with Crippen LogP contribution in [0.15, 0.2) is 34.8 Å². The molecule has 4 heteroatoms. The molecule has 0 aliphatic rings. The molecule has 2 aromatic rings. The molecule has 0 spiro atoms. The van der Waals surface area contributed by atoms with Crippen molar-refractivity contribution in [2.45, 2.75) is 33.3 Å². The summed E-state index contributed by atoms with van der Waals surface area (Å²) in [6, 6.07) is 9.79. The zero-order chi connectivity index (χ0) is 15.6. The first-order valence-corrected chi connectivity index (χ1v) is 8.02. The van der Waals surface area contributed by atoms with Gasteiger partial charge in [0.1, 0.15) is 12.4 Å². The van der Waals surface area contributed by atoms with Gasteiger partial charge in [0.05, 0.1) is 0 Å². The fourth-order valence-electron chi connectivity index (χ4n) is 2.09. The zero-order valence-corrected chi connectivity index (χ0v) is 14.8. The van der Waals surface area contributed by atoms with E-state index in [4.69, 9.17) is 22.1 Å². The summed E-state index contributed by atoms with van der Waals surface area (Å²) in [5.41, 5.74) is 9.90. The molecule has 0 amide bonds. The fraction of sp³-hybridized carbons (Fsp3) is 0.294. The van der Waals surface area contributed by atoms with E-state index in [1.165, 1.54) is 0 Å². The lowest BCUT2D eigenvalue weighted by Crippen LogP contribution is -2.03. The predicted molar refractivity (Wildman–Crippen MR) is 93.2 cm³/mol. The van der Waals surface area contributed by atoms with Crippen LogP contribution in [0.2, 0.25) is 5.02 Å².